The third-order valence-corrected chi connectivity index (χ3v) is 4.07. The summed E-state index contributed by atoms with van der Waals surface area (Å²) in [6.45, 7) is 0.496. The molecule has 0 atom stereocenters. The maximum absolute atomic E-state index is 11.7. The summed E-state index contributed by atoms with van der Waals surface area (Å²) in [6.07, 6.45) is 0. The third kappa shape index (κ3) is 1.81. The van der Waals surface area contributed by atoms with Gasteiger partial charge in [-0.15, -0.1) is 0 Å². The fourth-order valence-electron chi connectivity index (χ4n) is 1.63. The zero-order valence-corrected chi connectivity index (χ0v) is 9.50. The second-order valence-electron chi connectivity index (χ2n) is 3.50. The number of hydrogen-bond donors (Lipinski definition) is 1. The Bertz CT molecular complexity index is 536. The first-order valence-electron chi connectivity index (χ1n) is 4.69. The lowest BCUT2D eigenvalue weighted by molar-refractivity contribution is 0.0600. The summed E-state index contributed by atoms with van der Waals surface area (Å²) in [5.41, 5.74) is 0.936. The lowest BCUT2D eigenvalue weighted by atomic mass is 10.1. The molecule has 0 aromatic heterocycles. The monoisotopic (exact) mass is 241 g/mol. The van der Waals surface area contributed by atoms with E-state index in [0.717, 1.165) is 0 Å². The molecule has 5 nitrogen and oxygen atoms in total. The molecule has 1 aromatic rings. The minimum Gasteiger partial charge on any atom is -0.465 e. The number of hydrogen-bond acceptors (Lipinski definition) is 5. The maximum Gasteiger partial charge on any atom is 0.337 e. The largest absolute Gasteiger partial charge is 0.465 e. The van der Waals surface area contributed by atoms with Crippen LogP contribution in [0.4, 0.5) is 0 Å². The number of ether oxygens (including phenoxy) is 1. The minimum atomic E-state index is -3.33. The van der Waals surface area contributed by atoms with Crippen LogP contribution in [-0.4, -0.2) is 27.4 Å². The van der Waals surface area contributed by atoms with Crippen molar-refractivity contribution in [3.8, 4) is 0 Å². The minimum absolute atomic E-state index is 0.0926. The van der Waals surface area contributed by atoms with E-state index in [1.54, 1.807) is 12.1 Å². The molecule has 0 amide bonds. The molecule has 0 fully saturated rings. The van der Waals surface area contributed by atoms with Gasteiger partial charge < -0.3 is 4.74 Å². The van der Waals surface area contributed by atoms with E-state index in [4.69, 9.17) is 0 Å². The maximum atomic E-state index is 11.7. The molecular formula is C10H11NO4S. The van der Waals surface area contributed by atoms with Gasteiger partial charge in [-0.3, -0.25) is 5.32 Å². The van der Waals surface area contributed by atoms with Gasteiger partial charge >= 0.3 is 5.97 Å². The van der Waals surface area contributed by atoms with E-state index in [0.29, 0.717) is 12.1 Å². The molecule has 0 saturated heterocycles. The molecule has 1 N–H and O–H groups in total. The Kier molecular flexibility index (Phi) is 2.69. The van der Waals surface area contributed by atoms with E-state index in [-0.39, 0.29) is 16.3 Å². The highest BCUT2D eigenvalue weighted by molar-refractivity contribution is 7.91. The van der Waals surface area contributed by atoms with Crippen LogP contribution in [0.25, 0.3) is 0 Å². The van der Waals surface area contributed by atoms with Crippen LogP contribution >= 0.6 is 0 Å². The molecular weight excluding hydrogens is 230 g/mol. The Balaban J connectivity index is 2.56. The van der Waals surface area contributed by atoms with E-state index >= 15 is 0 Å². The average Bonchev–Trinajstić information content (AvgIpc) is 2.27. The van der Waals surface area contributed by atoms with Crippen LogP contribution in [0.5, 0.6) is 0 Å². The van der Waals surface area contributed by atoms with Crippen LogP contribution < -0.4 is 5.32 Å². The number of sulfone groups is 1. The molecule has 0 spiro atoms. The summed E-state index contributed by atoms with van der Waals surface area (Å²) in [4.78, 5) is 11.5. The van der Waals surface area contributed by atoms with Gasteiger partial charge in [0.25, 0.3) is 0 Å². The van der Waals surface area contributed by atoms with Gasteiger partial charge in [0.05, 0.1) is 17.6 Å². The molecule has 1 aliphatic heterocycles. The van der Waals surface area contributed by atoms with Gasteiger partial charge in [-0.05, 0) is 17.7 Å². The molecule has 0 unspecified atom stereocenters. The molecule has 16 heavy (non-hydrogen) atoms. The first kappa shape index (κ1) is 11.1. The van der Waals surface area contributed by atoms with Gasteiger partial charge in [-0.2, -0.15) is 0 Å². The van der Waals surface area contributed by atoms with Crippen molar-refractivity contribution in [2.45, 2.75) is 11.4 Å². The van der Waals surface area contributed by atoms with E-state index in [9.17, 15) is 13.2 Å². The molecule has 0 bridgehead atoms. The first-order valence-corrected chi connectivity index (χ1v) is 6.34. The van der Waals surface area contributed by atoms with Gasteiger partial charge in [0, 0.05) is 6.54 Å². The van der Waals surface area contributed by atoms with Gasteiger partial charge in [0.2, 0.25) is 0 Å². The molecule has 2 rings (SSSR count). The van der Waals surface area contributed by atoms with Gasteiger partial charge in [0.1, 0.15) is 5.88 Å². The van der Waals surface area contributed by atoms with Crippen molar-refractivity contribution in [1.82, 2.24) is 5.32 Å². The van der Waals surface area contributed by atoms with Crippen molar-refractivity contribution in [3.05, 3.63) is 29.3 Å². The molecule has 6 heteroatoms. The Hall–Kier alpha value is -1.40. The summed E-state index contributed by atoms with van der Waals surface area (Å²) in [5, 5.41) is 2.79. The summed E-state index contributed by atoms with van der Waals surface area (Å²) in [7, 11) is -2.06. The molecule has 0 saturated carbocycles. The Morgan fingerprint density at radius 1 is 1.44 bits per heavy atom. The van der Waals surface area contributed by atoms with Crippen LogP contribution in [0, 0.1) is 0 Å². The smallest absolute Gasteiger partial charge is 0.337 e. The van der Waals surface area contributed by atoms with Gasteiger partial charge in [0.15, 0.2) is 9.84 Å². The topological polar surface area (TPSA) is 72.5 Å². The first-order chi connectivity index (χ1) is 7.54. The van der Waals surface area contributed by atoms with Crippen molar-refractivity contribution in [3.63, 3.8) is 0 Å². The van der Waals surface area contributed by atoms with E-state index < -0.39 is 15.8 Å². The number of carbonyl (C=O) groups excluding carboxylic acids is 1. The highest BCUT2D eigenvalue weighted by atomic mass is 32.2. The highest BCUT2D eigenvalue weighted by Crippen LogP contribution is 2.22. The number of fused-ring (bicyclic) bond motifs is 1. The molecule has 1 heterocycles. The second-order valence-corrected chi connectivity index (χ2v) is 5.46. The molecule has 1 aliphatic rings. The molecule has 86 valence electrons. The number of carbonyl (C=O) groups is 1. The highest BCUT2D eigenvalue weighted by Gasteiger charge is 2.24. The van der Waals surface area contributed by atoms with Gasteiger partial charge in [-0.1, -0.05) is 6.07 Å². The van der Waals surface area contributed by atoms with Gasteiger partial charge in [-0.25, -0.2) is 13.2 Å². The van der Waals surface area contributed by atoms with Crippen LogP contribution in [-0.2, 0) is 21.1 Å². The number of methoxy groups -OCH3 is 1. The molecule has 1 aromatic carbocycles. The summed E-state index contributed by atoms with van der Waals surface area (Å²) >= 11 is 0. The Morgan fingerprint density at radius 3 is 2.88 bits per heavy atom. The zero-order chi connectivity index (χ0) is 11.8. The lowest BCUT2D eigenvalue weighted by Gasteiger charge is -2.17. The van der Waals surface area contributed by atoms with Crippen LogP contribution in [0.3, 0.4) is 0 Å². The summed E-state index contributed by atoms with van der Waals surface area (Å²) in [6, 6.07) is 4.57. The second kappa shape index (κ2) is 3.88. The van der Waals surface area contributed by atoms with Crippen molar-refractivity contribution >= 4 is 15.8 Å². The predicted octanol–water partition coefficient (Wildman–Crippen LogP) is 0.308. The van der Waals surface area contributed by atoms with Crippen molar-refractivity contribution in [2.75, 3.05) is 13.0 Å². The van der Waals surface area contributed by atoms with Crippen LogP contribution in [0.15, 0.2) is 23.1 Å². The standard InChI is InChI=1S/C10H11NO4S/c1-15-10(12)7-2-3-8-5-11-6-16(13,14)9(8)4-7/h2-4,11H,5-6H2,1H3. The third-order valence-electron chi connectivity index (χ3n) is 2.43. The summed E-state index contributed by atoms with van der Waals surface area (Å²) < 4.78 is 28.0. The molecule has 0 radical (unpaired) electrons. The van der Waals surface area contributed by atoms with E-state index in [1.807, 2.05) is 0 Å². The van der Waals surface area contributed by atoms with Crippen LogP contribution in [0.1, 0.15) is 15.9 Å². The van der Waals surface area contributed by atoms with Crippen LogP contribution in [0.2, 0.25) is 0 Å². The SMILES string of the molecule is COC(=O)c1ccc2c(c1)S(=O)(=O)CNC2. The van der Waals surface area contributed by atoms with Crippen molar-refractivity contribution in [1.29, 1.82) is 0 Å². The molecule has 0 aliphatic carbocycles. The zero-order valence-electron chi connectivity index (χ0n) is 8.69. The Morgan fingerprint density at radius 2 is 2.19 bits per heavy atom. The predicted molar refractivity (Wildman–Crippen MR) is 56.7 cm³/mol. The quantitative estimate of drug-likeness (QED) is 0.716. The number of esters is 1. The average molecular weight is 241 g/mol. The van der Waals surface area contributed by atoms with E-state index in [1.165, 1.54) is 13.2 Å². The number of benzene rings is 1. The summed E-state index contributed by atoms with van der Waals surface area (Å²) in [5.74, 6) is -0.624. The number of rotatable bonds is 1. The Labute approximate surface area is 93.3 Å². The lowest BCUT2D eigenvalue weighted by Crippen LogP contribution is -2.29. The van der Waals surface area contributed by atoms with E-state index in [2.05, 4.69) is 10.1 Å². The van der Waals surface area contributed by atoms with Crippen molar-refractivity contribution < 1.29 is 17.9 Å². The fourth-order valence-corrected chi connectivity index (χ4v) is 3.01. The fraction of sp³-hybridized carbons (Fsp3) is 0.300. The number of nitrogens with one attached hydrogen (secondary N) is 1. The normalized spacial score (nSPS) is 17.6. The van der Waals surface area contributed by atoms with Crippen molar-refractivity contribution in [2.24, 2.45) is 0 Å².